The van der Waals surface area contributed by atoms with Crippen LogP contribution in [0, 0.1) is 0 Å². The van der Waals surface area contributed by atoms with Gasteiger partial charge in [-0.05, 0) is 32.5 Å². The van der Waals surface area contributed by atoms with Gasteiger partial charge in [0, 0.05) is 26.2 Å². The number of carbonyl (C=O) groups excluding carboxylic acids is 2. The zero-order chi connectivity index (χ0) is 18.2. The van der Waals surface area contributed by atoms with Crippen LogP contribution in [0.2, 0.25) is 0 Å². The number of hydrogen-bond acceptors (Lipinski definition) is 4. The predicted octanol–water partition coefficient (Wildman–Crippen LogP) is 1.68. The molecule has 0 aromatic carbocycles. The average Bonchev–Trinajstić information content (AvgIpc) is 3.22. The Morgan fingerprint density at radius 2 is 1.76 bits per heavy atom. The first-order chi connectivity index (χ1) is 11.8. The van der Waals surface area contributed by atoms with Crippen molar-refractivity contribution in [1.82, 2.24) is 14.7 Å². The molecule has 0 bridgehead atoms. The number of likely N-dealkylation sites (tertiary alicyclic amines) is 1. The highest BCUT2D eigenvalue weighted by molar-refractivity contribution is 5.95. The topological polar surface area (TPSA) is 57.0 Å². The summed E-state index contributed by atoms with van der Waals surface area (Å²) in [4.78, 5) is 29.9. The van der Waals surface area contributed by atoms with E-state index >= 15 is 0 Å². The summed E-state index contributed by atoms with van der Waals surface area (Å²) in [5.74, 6) is -1.96. The minimum Gasteiger partial charge on any atom is -0.459 e. The molecule has 1 aromatic rings. The summed E-state index contributed by atoms with van der Waals surface area (Å²) in [7, 11) is 1.91. The highest BCUT2D eigenvalue weighted by Gasteiger charge is 2.41. The van der Waals surface area contributed by atoms with Crippen LogP contribution in [0.1, 0.15) is 29.0 Å². The second-order valence-corrected chi connectivity index (χ2v) is 6.42. The van der Waals surface area contributed by atoms with Gasteiger partial charge in [0.25, 0.3) is 5.91 Å². The third kappa shape index (κ3) is 3.51. The molecule has 1 aromatic heterocycles. The predicted molar refractivity (Wildman–Crippen MR) is 81.8 cm³/mol. The van der Waals surface area contributed by atoms with Gasteiger partial charge >= 0.3 is 6.18 Å². The van der Waals surface area contributed by atoms with Crippen molar-refractivity contribution in [2.45, 2.75) is 25.1 Å². The van der Waals surface area contributed by atoms with E-state index in [9.17, 15) is 22.8 Å². The summed E-state index contributed by atoms with van der Waals surface area (Å²) in [6, 6.07) is 0.906. The number of carbonyl (C=O) groups is 2. The molecule has 9 heteroatoms. The van der Waals surface area contributed by atoms with Crippen LogP contribution in [0.25, 0.3) is 0 Å². The van der Waals surface area contributed by atoms with Gasteiger partial charge in [-0.3, -0.25) is 14.5 Å². The Balaban J connectivity index is 1.62. The summed E-state index contributed by atoms with van der Waals surface area (Å²) in [5.41, 5.74) is -0.484. The average molecular weight is 359 g/mol. The lowest BCUT2D eigenvalue weighted by Crippen LogP contribution is -2.54. The van der Waals surface area contributed by atoms with E-state index in [0.29, 0.717) is 13.1 Å². The van der Waals surface area contributed by atoms with Crippen molar-refractivity contribution in [1.29, 1.82) is 0 Å². The number of alkyl halides is 3. The molecule has 1 unspecified atom stereocenters. The molecule has 138 valence electrons. The van der Waals surface area contributed by atoms with Crippen molar-refractivity contribution in [3.8, 4) is 0 Å². The SMILES string of the molecule is CN1CCCC1C(=O)N1CCN(C(=O)c2ccoc2C(F)(F)F)CC1. The molecule has 1 atom stereocenters. The monoisotopic (exact) mass is 359 g/mol. The minimum absolute atomic E-state index is 0.0337. The van der Waals surface area contributed by atoms with Gasteiger partial charge in [-0.2, -0.15) is 13.2 Å². The van der Waals surface area contributed by atoms with Gasteiger partial charge in [0.05, 0.1) is 17.9 Å². The highest BCUT2D eigenvalue weighted by Crippen LogP contribution is 2.33. The molecular formula is C16H20F3N3O3. The lowest BCUT2D eigenvalue weighted by molar-refractivity contribution is -0.153. The first-order valence-electron chi connectivity index (χ1n) is 8.22. The zero-order valence-corrected chi connectivity index (χ0v) is 13.9. The van der Waals surface area contributed by atoms with Crippen molar-refractivity contribution in [2.24, 2.45) is 0 Å². The Bertz CT molecular complexity index is 651. The van der Waals surface area contributed by atoms with Crippen LogP contribution in [-0.2, 0) is 11.0 Å². The molecule has 0 spiro atoms. The fourth-order valence-corrected chi connectivity index (χ4v) is 3.43. The van der Waals surface area contributed by atoms with E-state index in [1.807, 2.05) is 11.9 Å². The second-order valence-electron chi connectivity index (χ2n) is 6.42. The van der Waals surface area contributed by atoms with Crippen LogP contribution < -0.4 is 0 Å². The molecule has 25 heavy (non-hydrogen) atoms. The van der Waals surface area contributed by atoms with Gasteiger partial charge in [-0.25, -0.2) is 0 Å². The molecule has 2 aliphatic heterocycles. The summed E-state index contributed by atoms with van der Waals surface area (Å²) in [6.07, 6.45) is -2.05. The van der Waals surface area contributed by atoms with Crippen LogP contribution in [0.4, 0.5) is 13.2 Å². The number of likely N-dealkylation sites (N-methyl/N-ethyl adjacent to an activating group) is 1. The molecule has 3 heterocycles. The quantitative estimate of drug-likeness (QED) is 0.806. The van der Waals surface area contributed by atoms with Crippen molar-refractivity contribution < 1.29 is 27.2 Å². The van der Waals surface area contributed by atoms with E-state index in [4.69, 9.17) is 0 Å². The van der Waals surface area contributed by atoms with Gasteiger partial charge in [0.2, 0.25) is 11.7 Å². The number of halogens is 3. The Morgan fingerprint density at radius 3 is 2.32 bits per heavy atom. The maximum atomic E-state index is 12.9. The van der Waals surface area contributed by atoms with Crippen molar-refractivity contribution in [2.75, 3.05) is 39.8 Å². The molecular weight excluding hydrogens is 339 g/mol. The molecule has 2 saturated heterocycles. The minimum atomic E-state index is -4.71. The van der Waals surface area contributed by atoms with E-state index in [2.05, 4.69) is 4.42 Å². The first-order valence-corrected chi connectivity index (χ1v) is 8.22. The molecule has 0 aliphatic carbocycles. The molecule has 2 aliphatic rings. The van der Waals surface area contributed by atoms with Crippen molar-refractivity contribution in [3.05, 3.63) is 23.7 Å². The maximum Gasteiger partial charge on any atom is 0.450 e. The standard InChI is InChI=1S/C16H20F3N3O3/c1-20-5-2-3-12(20)15(24)22-8-6-21(7-9-22)14(23)11-4-10-25-13(11)16(17,18)19/h4,10,12H,2-3,5-9H2,1H3. The van der Waals surface area contributed by atoms with Crippen LogP contribution in [0.3, 0.4) is 0 Å². The first kappa shape index (κ1) is 17.8. The van der Waals surface area contributed by atoms with Crippen molar-refractivity contribution >= 4 is 11.8 Å². The molecule has 2 amide bonds. The largest absolute Gasteiger partial charge is 0.459 e. The summed E-state index contributed by atoms with van der Waals surface area (Å²) >= 11 is 0. The van der Waals surface area contributed by atoms with Crippen LogP contribution in [0.5, 0.6) is 0 Å². The van der Waals surface area contributed by atoms with Gasteiger partial charge < -0.3 is 14.2 Å². The number of nitrogens with zero attached hydrogens (tertiary/aromatic N) is 3. The maximum absolute atomic E-state index is 12.9. The molecule has 2 fully saturated rings. The van der Waals surface area contributed by atoms with E-state index < -0.39 is 23.4 Å². The van der Waals surface area contributed by atoms with Gasteiger partial charge in [0.15, 0.2) is 0 Å². The molecule has 3 rings (SSSR count). The Kier molecular flexibility index (Phi) is 4.77. The van der Waals surface area contributed by atoms with Gasteiger partial charge in [0.1, 0.15) is 0 Å². The van der Waals surface area contributed by atoms with E-state index in [0.717, 1.165) is 31.7 Å². The zero-order valence-electron chi connectivity index (χ0n) is 13.9. The van der Waals surface area contributed by atoms with Crippen molar-refractivity contribution in [3.63, 3.8) is 0 Å². The highest BCUT2D eigenvalue weighted by atomic mass is 19.4. The summed E-state index contributed by atoms with van der Waals surface area (Å²) < 4.78 is 43.0. The normalized spacial score (nSPS) is 22.5. The number of rotatable bonds is 2. The fraction of sp³-hybridized carbons (Fsp3) is 0.625. The van der Waals surface area contributed by atoms with E-state index in [1.54, 1.807) is 4.90 Å². The van der Waals surface area contributed by atoms with Crippen LogP contribution in [-0.4, -0.2) is 72.3 Å². The van der Waals surface area contributed by atoms with E-state index in [1.165, 1.54) is 4.90 Å². The lowest BCUT2D eigenvalue weighted by atomic mass is 10.1. The number of furan rings is 1. The number of hydrogen-bond donors (Lipinski definition) is 0. The Morgan fingerprint density at radius 1 is 1.12 bits per heavy atom. The van der Waals surface area contributed by atoms with Gasteiger partial charge in [-0.15, -0.1) is 0 Å². The molecule has 6 nitrogen and oxygen atoms in total. The molecule has 0 radical (unpaired) electrons. The summed E-state index contributed by atoms with van der Waals surface area (Å²) in [6.45, 7) is 1.96. The summed E-state index contributed by atoms with van der Waals surface area (Å²) in [5, 5.41) is 0. The van der Waals surface area contributed by atoms with Crippen LogP contribution in [0.15, 0.2) is 16.7 Å². The smallest absolute Gasteiger partial charge is 0.450 e. The Hall–Kier alpha value is -2.03. The Labute approximate surface area is 143 Å². The second kappa shape index (κ2) is 6.70. The third-order valence-electron chi connectivity index (χ3n) is 4.84. The number of piperazine rings is 1. The lowest BCUT2D eigenvalue weighted by Gasteiger charge is -2.36. The molecule has 0 N–H and O–H groups in total. The number of amides is 2. The van der Waals surface area contributed by atoms with Crippen LogP contribution >= 0.6 is 0 Å². The third-order valence-corrected chi connectivity index (χ3v) is 4.84. The fourth-order valence-electron chi connectivity index (χ4n) is 3.43. The van der Waals surface area contributed by atoms with Gasteiger partial charge in [-0.1, -0.05) is 0 Å². The molecule has 0 saturated carbocycles. The van der Waals surface area contributed by atoms with E-state index in [-0.39, 0.29) is 25.0 Å².